The van der Waals surface area contributed by atoms with E-state index < -0.39 is 6.04 Å². The Labute approximate surface area is 179 Å². The normalized spacial score (nSPS) is 16.1. The topological polar surface area (TPSA) is 32.3 Å². The van der Waals surface area contributed by atoms with Gasteiger partial charge >= 0.3 is 0 Å². The van der Waals surface area contributed by atoms with Crippen molar-refractivity contribution in [2.24, 2.45) is 0 Å². The zero-order chi connectivity index (χ0) is 20.5. The molecular weight excluding hydrogens is 380 g/mol. The Hall–Kier alpha value is -2.52. The maximum atomic E-state index is 13.4. The fraction of sp³-hybridized carbons (Fsp3) is 0.320. The summed E-state index contributed by atoms with van der Waals surface area (Å²) in [5, 5.41) is 3.75. The van der Waals surface area contributed by atoms with E-state index in [4.69, 9.17) is 11.6 Å². The SMILES string of the molecule is C=CCN(c1ccccc1)C(C(=O)NC1CCCCC1)C(Cl)=Cc1ccccc1. The van der Waals surface area contributed by atoms with Gasteiger partial charge in [0.2, 0.25) is 5.91 Å². The molecule has 0 radical (unpaired) electrons. The smallest absolute Gasteiger partial charge is 0.248 e. The van der Waals surface area contributed by atoms with Crippen molar-refractivity contribution in [1.82, 2.24) is 5.32 Å². The standard InChI is InChI=1S/C25H29ClN2O/c1-2-18-28(22-16-10-5-11-17-22)24(23(26)19-20-12-6-3-7-13-20)25(29)27-21-14-8-4-9-15-21/h2-3,5-7,10-13,16-17,19,21,24H,1,4,8-9,14-15,18H2,(H,27,29). The van der Waals surface area contributed by atoms with Crippen LogP contribution in [0.2, 0.25) is 0 Å². The van der Waals surface area contributed by atoms with E-state index in [2.05, 4.69) is 11.9 Å². The second kappa shape index (κ2) is 10.9. The average molecular weight is 409 g/mol. The van der Waals surface area contributed by atoms with Crippen molar-refractivity contribution < 1.29 is 4.79 Å². The number of hydrogen-bond acceptors (Lipinski definition) is 2. The van der Waals surface area contributed by atoms with Crippen LogP contribution in [0.1, 0.15) is 37.7 Å². The minimum atomic E-state index is -0.612. The van der Waals surface area contributed by atoms with Gasteiger partial charge in [0.25, 0.3) is 0 Å². The highest BCUT2D eigenvalue weighted by Crippen LogP contribution is 2.26. The molecule has 1 aliphatic carbocycles. The van der Waals surface area contributed by atoms with Crippen LogP contribution in [0.5, 0.6) is 0 Å². The number of para-hydroxylation sites is 1. The Morgan fingerprint density at radius 2 is 1.69 bits per heavy atom. The predicted octanol–water partition coefficient (Wildman–Crippen LogP) is 5.78. The lowest BCUT2D eigenvalue weighted by molar-refractivity contribution is -0.122. The quantitative estimate of drug-likeness (QED) is 0.562. The molecule has 152 valence electrons. The molecule has 0 aliphatic heterocycles. The Morgan fingerprint density at radius 3 is 2.31 bits per heavy atom. The highest BCUT2D eigenvalue weighted by atomic mass is 35.5. The number of carbonyl (C=O) groups is 1. The summed E-state index contributed by atoms with van der Waals surface area (Å²) in [6, 6.07) is 19.4. The van der Waals surface area contributed by atoms with Gasteiger partial charge in [-0.1, -0.05) is 85.5 Å². The van der Waals surface area contributed by atoms with Gasteiger partial charge in [0.05, 0.1) is 5.03 Å². The van der Waals surface area contributed by atoms with Crippen molar-refractivity contribution in [3.8, 4) is 0 Å². The monoisotopic (exact) mass is 408 g/mol. The Bertz CT molecular complexity index is 813. The van der Waals surface area contributed by atoms with E-state index in [-0.39, 0.29) is 11.9 Å². The van der Waals surface area contributed by atoms with Gasteiger partial charge in [-0.05, 0) is 36.6 Å². The van der Waals surface area contributed by atoms with E-state index in [1.165, 1.54) is 6.42 Å². The lowest BCUT2D eigenvalue weighted by Gasteiger charge is -2.33. The molecule has 1 fully saturated rings. The zero-order valence-corrected chi connectivity index (χ0v) is 17.5. The first-order valence-corrected chi connectivity index (χ1v) is 10.7. The molecular formula is C25H29ClN2O. The number of amides is 1. The molecule has 1 N–H and O–H groups in total. The number of rotatable bonds is 8. The van der Waals surface area contributed by atoms with Crippen LogP contribution >= 0.6 is 11.6 Å². The number of nitrogens with one attached hydrogen (secondary N) is 1. The van der Waals surface area contributed by atoms with E-state index in [0.717, 1.165) is 36.9 Å². The minimum absolute atomic E-state index is 0.0558. The van der Waals surface area contributed by atoms with Crippen molar-refractivity contribution in [2.45, 2.75) is 44.2 Å². The van der Waals surface area contributed by atoms with Crippen LogP contribution in [-0.2, 0) is 4.79 Å². The Balaban J connectivity index is 1.93. The summed E-state index contributed by atoms with van der Waals surface area (Å²) in [5.74, 6) is -0.0558. The van der Waals surface area contributed by atoms with Gasteiger partial charge in [-0.25, -0.2) is 0 Å². The first kappa shape index (κ1) is 21.2. The number of hydrogen-bond donors (Lipinski definition) is 1. The van der Waals surface area contributed by atoms with Crippen molar-refractivity contribution in [3.63, 3.8) is 0 Å². The van der Waals surface area contributed by atoms with Crippen LogP contribution in [0, 0.1) is 0 Å². The Kier molecular flexibility index (Phi) is 7.94. The van der Waals surface area contributed by atoms with Crippen molar-refractivity contribution >= 4 is 29.3 Å². The predicted molar refractivity (Wildman–Crippen MR) is 123 cm³/mol. The zero-order valence-electron chi connectivity index (χ0n) is 16.8. The Morgan fingerprint density at radius 1 is 1.07 bits per heavy atom. The van der Waals surface area contributed by atoms with Gasteiger partial charge in [0, 0.05) is 18.3 Å². The average Bonchev–Trinajstić information content (AvgIpc) is 2.75. The number of carbonyl (C=O) groups excluding carboxylic acids is 1. The second-order valence-electron chi connectivity index (χ2n) is 7.46. The first-order valence-electron chi connectivity index (χ1n) is 10.3. The van der Waals surface area contributed by atoms with Crippen molar-refractivity contribution in [3.05, 3.63) is 83.9 Å². The van der Waals surface area contributed by atoms with Crippen LogP contribution in [0.3, 0.4) is 0 Å². The molecule has 4 heteroatoms. The first-order chi connectivity index (χ1) is 14.2. The summed E-state index contributed by atoms with van der Waals surface area (Å²) in [4.78, 5) is 15.4. The molecule has 1 atom stereocenters. The van der Waals surface area contributed by atoms with Crippen LogP contribution in [-0.4, -0.2) is 24.5 Å². The van der Waals surface area contributed by atoms with E-state index in [0.29, 0.717) is 11.6 Å². The number of halogens is 1. The second-order valence-corrected chi connectivity index (χ2v) is 7.90. The van der Waals surface area contributed by atoms with Crippen molar-refractivity contribution in [2.75, 3.05) is 11.4 Å². The number of nitrogens with zero attached hydrogens (tertiary/aromatic N) is 1. The summed E-state index contributed by atoms with van der Waals surface area (Å²) in [7, 11) is 0. The molecule has 3 rings (SSSR count). The minimum Gasteiger partial charge on any atom is -0.351 e. The van der Waals surface area contributed by atoms with E-state index in [1.54, 1.807) is 6.08 Å². The summed E-state index contributed by atoms with van der Waals surface area (Å²) < 4.78 is 0. The van der Waals surface area contributed by atoms with E-state index >= 15 is 0 Å². The van der Waals surface area contributed by atoms with Crippen molar-refractivity contribution in [1.29, 1.82) is 0 Å². The lowest BCUT2D eigenvalue weighted by Crippen LogP contribution is -2.50. The number of anilines is 1. The highest BCUT2D eigenvalue weighted by molar-refractivity contribution is 6.34. The van der Waals surface area contributed by atoms with Crippen LogP contribution in [0.4, 0.5) is 5.69 Å². The molecule has 1 unspecified atom stereocenters. The summed E-state index contributed by atoms with van der Waals surface area (Å²) in [6.45, 7) is 4.41. The van der Waals surface area contributed by atoms with Crippen LogP contribution in [0.15, 0.2) is 78.4 Å². The molecule has 1 aliphatic rings. The summed E-state index contributed by atoms with van der Waals surface area (Å²) >= 11 is 6.80. The largest absolute Gasteiger partial charge is 0.351 e. The molecule has 1 saturated carbocycles. The van der Waals surface area contributed by atoms with E-state index in [9.17, 15) is 4.79 Å². The van der Waals surface area contributed by atoms with Crippen LogP contribution in [0.25, 0.3) is 6.08 Å². The molecule has 2 aromatic rings. The maximum Gasteiger partial charge on any atom is 0.248 e. The maximum absolute atomic E-state index is 13.4. The van der Waals surface area contributed by atoms with Gasteiger partial charge in [0.15, 0.2) is 0 Å². The van der Waals surface area contributed by atoms with Crippen LogP contribution < -0.4 is 10.2 Å². The molecule has 0 spiro atoms. The molecule has 3 nitrogen and oxygen atoms in total. The van der Waals surface area contributed by atoms with Gasteiger partial charge < -0.3 is 10.2 Å². The fourth-order valence-corrected chi connectivity index (χ4v) is 4.19. The van der Waals surface area contributed by atoms with Gasteiger partial charge in [-0.2, -0.15) is 0 Å². The van der Waals surface area contributed by atoms with Gasteiger partial charge in [-0.3, -0.25) is 4.79 Å². The lowest BCUT2D eigenvalue weighted by atomic mass is 9.95. The molecule has 2 aromatic carbocycles. The third kappa shape index (κ3) is 5.98. The summed E-state index contributed by atoms with van der Waals surface area (Å²) in [5.41, 5.74) is 1.91. The number of benzene rings is 2. The molecule has 1 amide bonds. The highest BCUT2D eigenvalue weighted by Gasteiger charge is 2.30. The molecule has 29 heavy (non-hydrogen) atoms. The fourth-order valence-electron chi connectivity index (χ4n) is 3.85. The van der Waals surface area contributed by atoms with E-state index in [1.807, 2.05) is 71.6 Å². The van der Waals surface area contributed by atoms with Gasteiger partial charge in [0.1, 0.15) is 6.04 Å². The molecule has 0 saturated heterocycles. The molecule has 0 bridgehead atoms. The third-order valence-electron chi connectivity index (χ3n) is 5.29. The molecule has 0 heterocycles. The third-order valence-corrected chi connectivity index (χ3v) is 5.61. The summed E-state index contributed by atoms with van der Waals surface area (Å²) in [6.07, 6.45) is 9.33. The van der Waals surface area contributed by atoms with Gasteiger partial charge in [-0.15, -0.1) is 6.58 Å². The molecule has 0 aromatic heterocycles.